The number of hydrogen-bond donors (Lipinski definition) is 2. The standard InChI is InChI=1S/C26H42N2O2/c1-25(2,3)17-11-7-15(8-12-17)21-19-20(24(30)27-21)22(28-23(19)29)16-9-13-18(14-10-16)26(4,5)6/h15-19,21H,7-14H2,1-6H3,(H,27,30)(H,28,29). The van der Waals surface area contributed by atoms with E-state index in [-0.39, 0.29) is 23.8 Å². The molecule has 3 fully saturated rings. The lowest BCUT2D eigenvalue weighted by Crippen LogP contribution is -2.43. The van der Waals surface area contributed by atoms with Crippen molar-refractivity contribution < 1.29 is 9.59 Å². The van der Waals surface area contributed by atoms with E-state index in [2.05, 4.69) is 52.2 Å². The van der Waals surface area contributed by atoms with Crippen LogP contribution in [0.5, 0.6) is 0 Å². The normalized spacial score (nSPS) is 37.8. The van der Waals surface area contributed by atoms with Crippen LogP contribution in [0.15, 0.2) is 11.3 Å². The van der Waals surface area contributed by atoms with Crippen LogP contribution in [-0.2, 0) is 9.59 Å². The highest BCUT2D eigenvalue weighted by atomic mass is 16.2. The van der Waals surface area contributed by atoms with Crippen LogP contribution < -0.4 is 10.6 Å². The molecule has 2 heterocycles. The number of allylic oxidation sites excluding steroid dienone is 1. The molecule has 4 heteroatoms. The molecular weight excluding hydrogens is 372 g/mol. The Balaban J connectivity index is 1.47. The molecule has 0 aromatic heterocycles. The maximum Gasteiger partial charge on any atom is 0.250 e. The molecule has 2 N–H and O–H groups in total. The second kappa shape index (κ2) is 7.67. The minimum absolute atomic E-state index is 0.00293. The molecule has 4 rings (SSSR count). The minimum Gasteiger partial charge on any atom is -0.348 e. The fourth-order valence-electron chi connectivity index (χ4n) is 6.80. The van der Waals surface area contributed by atoms with Crippen molar-refractivity contribution in [3.8, 4) is 0 Å². The van der Waals surface area contributed by atoms with Crippen molar-refractivity contribution in [3.05, 3.63) is 11.3 Å². The van der Waals surface area contributed by atoms with Gasteiger partial charge in [0.15, 0.2) is 0 Å². The Hall–Kier alpha value is -1.32. The summed E-state index contributed by atoms with van der Waals surface area (Å²) in [6, 6.07) is -0.00293. The van der Waals surface area contributed by atoms with Crippen LogP contribution >= 0.6 is 0 Å². The molecule has 4 aliphatic rings. The van der Waals surface area contributed by atoms with Gasteiger partial charge < -0.3 is 10.6 Å². The molecular formula is C26H42N2O2. The first kappa shape index (κ1) is 21.9. The Labute approximate surface area is 183 Å². The van der Waals surface area contributed by atoms with Crippen molar-refractivity contribution in [2.24, 2.45) is 40.4 Å². The van der Waals surface area contributed by atoms with E-state index < -0.39 is 0 Å². The summed E-state index contributed by atoms with van der Waals surface area (Å²) in [4.78, 5) is 26.0. The third-order valence-electron chi connectivity index (χ3n) is 8.91. The van der Waals surface area contributed by atoms with E-state index in [0.717, 1.165) is 48.8 Å². The molecule has 1 saturated heterocycles. The lowest BCUT2D eigenvalue weighted by atomic mass is 9.67. The molecule has 30 heavy (non-hydrogen) atoms. The van der Waals surface area contributed by atoms with Gasteiger partial charge in [0.05, 0.1) is 11.5 Å². The fourth-order valence-corrected chi connectivity index (χ4v) is 6.80. The molecule has 2 aliphatic heterocycles. The molecule has 168 valence electrons. The van der Waals surface area contributed by atoms with E-state index in [1.165, 1.54) is 25.7 Å². The smallest absolute Gasteiger partial charge is 0.250 e. The molecule has 0 radical (unpaired) electrons. The molecule has 4 nitrogen and oxygen atoms in total. The van der Waals surface area contributed by atoms with Crippen molar-refractivity contribution in [3.63, 3.8) is 0 Å². The lowest BCUT2D eigenvalue weighted by Gasteiger charge is -2.39. The summed E-state index contributed by atoms with van der Waals surface area (Å²) >= 11 is 0. The van der Waals surface area contributed by atoms with E-state index in [9.17, 15) is 9.59 Å². The van der Waals surface area contributed by atoms with Gasteiger partial charge in [-0.05, 0) is 85.9 Å². The Morgan fingerprint density at radius 2 is 1.23 bits per heavy atom. The number of nitrogens with one attached hydrogen (secondary N) is 2. The Kier molecular flexibility index (Phi) is 5.60. The van der Waals surface area contributed by atoms with Gasteiger partial charge in [-0.15, -0.1) is 0 Å². The molecule has 0 spiro atoms. The average molecular weight is 415 g/mol. The minimum atomic E-state index is -0.260. The average Bonchev–Trinajstić information content (AvgIpc) is 3.19. The highest BCUT2D eigenvalue weighted by Crippen LogP contribution is 2.47. The molecule has 0 aromatic carbocycles. The first-order valence-corrected chi connectivity index (χ1v) is 12.3. The van der Waals surface area contributed by atoms with Gasteiger partial charge in [-0.3, -0.25) is 9.59 Å². The monoisotopic (exact) mass is 414 g/mol. The predicted molar refractivity (Wildman–Crippen MR) is 120 cm³/mol. The Morgan fingerprint density at radius 3 is 1.73 bits per heavy atom. The van der Waals surface area contributed by atoms with Crippen LogP contribution in [0.4, 0.5) is 0 Å². The highest BCUT2D eigenvalue weighted by molar-refractivity contribution is 6.08. The van der Waals surface area contributed by atoms with E-state index in [1.54, 1.807) is 0 Å². The van der Waals surface area contributed by atoms with Gasteiger partial charge in [0.2, 0.25) is 11.8 Å². The van der Waals surface area contributed by atoms with Crippen molar-refractivity contribution in [1.82, 2.24) is 10.6 Å². The van der Waals surface area contributed by atoms with Crippen LogP contribution in [0.1, 0.15) is 92.9 Å². The predicted octanol–water partition coefficient (Wildman–Crippen LogP) is 5.19. The van der Waals surface area contributed by atoms with Gasteiger partial charge in [-0.25, -0.2) is 0 Å². The van der Waals surface area contributed by atoms with E-state index in [4.69, 9.17) is 0 Å². The number of rotatable bonds is 2. The molecule has 2 aliphatic carbocycles. The topological polar surface area (TPSA) is 58.2 Å². The SMILES string of the molecule is CC(C)(C)C1CCC(C2=C3C(=O)NC(C4CCC(C(C)(C)C)CC4)C3C(=O)N2)CC1. The van der Waals surface area contributed by atoms with E-state index in [1.807, 2.05) is 0 Å². The molecule has 2 amide bonds. The largest absolute Gasteiger partial charge is 0.348 e. The fraction of sp³-hybridized carbons (Fsp3) is 0.846. The summed E-state index contributed by atoms with van der Waals surface area (Å²) in [6.07, 6.45) is 9.20. The van der Waals surface area contributed by atoms with Crippen LogP contribution in [0.25, 0.3) is 0 Å². The molecule has 0 bridgehead atoms. The van der Waals surface area contributed by atoms with E-state index in [0.29, 0.717) is 22.7 Å². The number of carbonyl (C=O) groups excluding carboxylic acids is 2. The van der Waals surface area contributed by atoms with Crippen molar-refractivity contribution >= 4 is 11.8 Å². The third-order valence-corrected chi connectivity index (χ3v) is 8.91. The van der Waals surface area contributed by atoms with Crippen LogP contribution in [0.3, 0.4) is 0 Å². The lowest BCUT2D eigenvalue weighted by molar-refractivity contribution is -0.123. The van der Waals surface area contributed by atoms with Crippen LogP contribution in [0.2, 0.25) is 0 Å². The number of carbonyl (C=O) groups is 2. The summed E-state index contributed by atoms with van der Waals surface area (Å²) in [5, 5.41) is 6.45. The first-order chi connectivity index (χ1) is 14.0. The number of hydrogen-bond acceptors (Lipinski definition) is 2. The van der Waals surface area contributed by atoms with Gasteiger partial charge in [-0.2, -0.15) is 0 Å². The van der Waals surface area contributed by atoms with Crippen LogP contribution in [-0.4, -0.2) is 17.9 Å². The zero-order valence-corrected chi connectivity index (χ0v) is 19.9. The van der Waals surface area contributed by atoms with Gasteiger partial charge >= 0.3 is 0 Å². The summed E-state index contributed by atoms with van der Waals surface area (Å²) < 4.78 is 0. The van der Waals surface area contributed by atoms with Gasteiger partial charge in [0, 0.05) is 11.7 Å². The quantitative estimate of drug-likeness (QED) is 0.653. The summed E-state index contributed by atoms with van der Waals surface area (Å²) in [5.74, 6) is 2.07. The highest BCUT2D eigenvalue weighted by Gasteiger charge is 2.52. The Morgan fingerprint density at radius 1 is 0.733 bits per heavy atom. The van der Waals surface area contributed by atoms with Crippen molar-refractivity contribution in [2.75, 3.05) is 0 Å². The van der Waals surface area contributed by atoms with Crippen LogP contribution in [0, 0.1) is 40.4 Å². The number of amides is 2. The van der Waals surface area contributed by atoms with Gasteiger partial charge in [0.25, 0.3) is 0 Å². The molecule has 0 aromatic rings. The zero-order chi connectivity index (χ0) is 21.8. The first-order valence-electron chi connectivity index (χ1n) is 12.3. The summed E-state index contributed by atoms with van der Waals surface area (Å²) in [7, 11) is 0. The maximum atomic E-state index is 13.0. The summed E-state index contributed by atoms with van der Waals surface area (Å²) in [5.41, 5.74) is 2.45. The van der Waals surface area contributed by atoms with E-state index >= 15 is 0 Å². The second-order valence-electron chi connectivity index (χ2n) is 12.7. The second-order valence-corrected chi connectivity index (χ2v) is 12.7. The summed E-state index contributed by atoms with van der Waals surface area (Å²) in [6.45, 7) is 14.0. The van der Waals surface area contributed by atoms with Gasteiger partial charge in [0.1, 0.15) is 0 Å². The maximum absolute atomic E-state index is 13.0. The van der Waals surface area contributed by atoms with Gasteiger partial charge in [-0.1, -0.05) is 41.5 Å². The zero-order valence-electron chi connectivity index (χ0n) is 19.9. The Bertz CT molecular complexity index is 723. The molecule has 2 atom stereocenters. The van der Waals surface area contributed by atoms with Crippen molar-refractivity contribution in [2.45, 2.75) is 99.0 Å². The molecule has 2 saturated carbocycles. The molecule has 2 unspecified atom stereocenters. The van der Waals surface area contributed by atoms with Crippen molar-refractivity contribution in [1.29, 1.82) is 0 Å². The number of fused-ring (bicyclic) bond motifs is 1. The third kappa shape index (κ3) is 3.96.